The topological polar surface area (TPSA) is 46.6 Å². The predicted molar refractivity (Wildman–Crippen MR) is 65.6 cm³/mol. The number of rotatable bonds is 3. The van der Waals surface area contributed by atoms with Gasteiger partial charge in [0.25, 0.3) is 10.0 Å². The Balaban J connectivity index is 2.56. The Morgan fingerprint density at radius 1 is 1.39 bits per heavy atom. The lowest BCUT2D eigenvalue weighted by Crippen LogP contribution is -2.27. The molecule has 18 heavy (non-hydrogen) atoms. The number of fused-ring (bicyclic) bond motifs is 1. The smallest absolute Gasteiger partial charge is 0.264 e. The highest BCUT2D eigenvalue weighted by Crippen LogP contribution is 2.32. The van der Waals surface area contributed by atoms with Crippen LogP contribution in [0.3, 0.4) is 0 Å². The number of nitrogens with zero attached hydrogens (tertiary/aromatic N) is 1. The zero-order valence-electron chi connectivity index (χ0n) is 10.2. The maximum atomic E-state index is 13.2. The van der Waals surface area contributed by atoms with Crippen molar-refractivity contribution in [1.82, 2.24) is 4.31 Å². The average molecular weight is 271 g/mol. The van der Waals surface area contributed by atoms with Crippen LogP contribution in [0.2, 0.25) is 0 Å². The fourth-order valence-corrected chi connectivity index (χ4v) is 2.93. The number of halogens is 1. The molecule has 0 spiro atoms. The molecule has 0 bridgehead atoms. The lowest BCUT2D eigenvalue weighted by atomic mass is 10.2. The molecule has 2 rings (SSSR count). The summed E-state index contributed by atoms with van der Waals surface area (Å²) in [4.78, 5) is 0.0694. The van der Waals surface area contributed by atoms with Crippen molar-refractivity contribution in [3.63, 3.8) is 0 Å². The average Bonchev–Trinajstić information content (AvgIpc) is 2.32. The first-order valence-electron chi connectivity index (χ1n) is 5.59. The van der Waals surface area contributed by atoms with Crippen LogP contribution >= 0.6 is 0 Å². The Bertz CT molecular complexity index is 595. The molecule has 0 fully saturated rings. The van der Waals surface area contributed by atoms with Gasteiger partial charge in [0.1, 0.15) is 11.6 Å². The van der Waals surface area contributed by atoms with Gasteiger partial charge in [-0.2, -0.15) is 0 Å². The van der Waals surface area contributed by atoms with Crippen LogP contribution in [-0.4, -0.2) is 26.4 Å². The lowest BCUT2D eigenvalue weighted by molar-refractivity contribution is 0.271. The normalized spacial score (nSPS) is 17.1. The maximum absolute atomic E-state index is 13.2. The van der Waals surface area contributed by atoms with Crippen molar-refractivity contribution in [3.05, 3.63) is 35.8 Å². The Labute approximate surface area is 106 Å². The molecule has 1 aromatic carbocycles. The largest absolute Gasteiger partial charge is 0.491 e. The minimum absolute atomic E-state index is 0.0694. The van der Waals surface area contributed by atoms with E-state index >= 15 is 0 Å². The third-order valence-electron chi connectivity index (χ3n) is 2.62. The van der Waals surface area contributed by atoms with E-state index in [0.29, 0.717) is 12.4 Å². The Morgan fingerprint density at radius 3 is 2.78 bits per heavy atom. The second-order valence-corrected chi connectivity index (χ2v) is 5.97. The molecular weight excluding hydrogens is 257 g/mol. The van der Waals surface area contributed by atoms with Crippen molar-refractivity contribution in [2.24, 2.45) is 0 Å². The van der Waals surface area contributed by atoms with Gasteiger partial charge in [0.15, 0.2) is 0 Å². The van der Waals surface area contributed by atoms with E-state index in [0.717, 1.165) is 16.8 Å². The molecular formula is C12H14FNO3S. The Hall–Kier alpha value is -1.56. The number of sulfonamides is 1. The van der Waals surface area contributed by atoms with E-state index < -0.39 is 15.8 Å². The number of benzene rings is 1. The second-order valence-electron chi connectivity index (χ2n) is 4.00. The Morgan fingerprint density at radius 2 is 2.11 bits per heavy atom. The molecule has 0 atom stereocenters. The van der Waals surface area contributed by atoms with Gasteiger partial charge in [-0.25, -0.2) is 12.8 Å². The number of ether oxygens (including phenoxy) is 1. The van der Waals surface area contributed by atoms with Crippen molar-refractivity contribution in [2.75, 3.05) is 13.7 Å². The van der Waals surface area contributed by atoms with Crippen molar-refractivity contribution < 1.29 is 17.5 Å². The van der Waals surface area contributed by atoms with Gasteiger partial charge in [-0.05, 0) is 24.6 Å². The van der Waals surface area contributed by atoms with Gasteiger partial charge in [0, 0.05) is 12.6 Å². The van der Waals surface area contributed by atoms with Crippen molar-refractivity contribution >= 4 is 15.8 Å². The summed E-state index contributed by atoms with van der Waals surface area (Å²) in [6.45, 7) is 2.39. The molecule has 0 saturated carbocycles. The molecule has 0 saturated heterocycles. The van der Waals surface area contributed by atoms with Gasteiger partial charge >= 0.3 is 0 Å². The molecule has 0 aromatic heterocycles. The maximum Gasteiger partial charge on any atom is 0.264 e. The third-order valence-corrected chi connectivity index (χ3v) is 4.40. The van der Waals surface area contributed by atoms with Crippen molar-refractivity contribution in [1.29, 1.82) is 0 Å². The highest BCUT2D eigenvalue weighted by molar-refractivity contribution is 7.89. The minimum atomic E-state index is -3.59. The molecule has 6 heteroatoms. The van der Waals surface area contributed by atoms with Gasteiger partial charge in [0.05, 0.1) is 17.7 Å². The van der Waals surface area contributed by atoms with Crippen LogP contribution in [0.1, 0.15) is 18.9 Å². The van der Waals surface area contributed by atoms with E-state index in [9.17, 15) is 12.8 Å². The van der Waals surface area contributed by atoms with Gasteiger partial charge in [-0.3, -0.25) is 4.31 Å². The summed E-state index contributed by atoms with van der Waals surface area (Å²) < 4.78 is 43.9. The zero-order chi connectivity index (χ0) is 13.3. The molecule has 0 unspecified atom stereocenters. The SMILES string of the molecule is CCCOC1=CN(C)S(=O)(=O)c2ccc(F)cc21. The first kappa shape index (κ1) is 12.9. The van der Waals surface area contributed by atoms with E-state index in [-0.39, 0.29) is 10.5 Å². The van der Waals surface area contributed by atoms with E-state index in [2.05, 4.69) is 0 Å². The lowest BCUT2D eigenvalue weighted by Gasteiger charge is -2.25. The fourth-order valence-electron chi connectivity index (χ4n) is 1.71. The van der Waals surface area contributed by atoms with Crippen LogP contribution in [0.4, 0.5) is 4.39 Å². The van der Waals surface area contributed by atoms with E-state index in [1.54, 1.807) is 0 Å². The van der Waals surface area contributed by atoms with E-state index in [1.807, 2.05) is 6.92 Å². The summed E-state index contributed by atoms with van der Waals surface area (Å²) in [7, 11) is -2.16. The second kappa shape index (κ2) is 4.61. The molecule has 4 nitrogen and oxygen atoms in total. The summed E-state index contributed by atoms with van der Waals surface area (Å²) in [6.07, 6.45) is 2.16. The molecule has 1 heterocycles. The summed E-state index contributed by atoms with van der Waals surface area (Å²) >= 11 is 0. The first-order chi connectivity index (χ1) is 8.46. The van der Waals surface area contributed by atoms with Crippen molar-refractivity contribution in [2.45, 2.75) is 18.2 Å². The molecule has 0 aliphatic carbocycles. The van der Waals surface area contributed by atoms with Crippen LogP contribution < -0.4 is 0 Å². The molecule has 1 aliphatic heterocycles. The highest BCUT2D eigenvalue weighted by Gasteiger charge is 2.30. The van der Waals surface area contributed by atoms with Gasteiger partial charge in [0.2, 0.25) is 0 Å². The van der Waals surface area contributed by atoms with Crippen molar-refractivity contribution in [3.8, 4) is 0 Å². The first-order valence-corrected chi connectivity index (χ1v) is 7.03. The monoisotopic (exact) mass is 271 g/mol. The van der Waals surface area contributed by atoms with Crippen LogP contribution in [0.5, 0.6) is 0 Å². The van der Waals surface area contributed by atoms with Crippen LogP contribution in [0, 0.1) is 5.82 Å². The summed E-state index contributed by atoms with van der Waals surface area (Å²) in [5.74, 6) is -0.108. The minimum Gasteiger partial charge on any atom is -0.491 e. The van der Waals surface area contributed by atoms with E-state index in [4.69, 9.17) is 4.74 Å². The zero-order valence-corrected chi connectivity index (χ0v) is 11.0. The van der Waals surface area contributed by atoms with Crippen LogP contribution in [0.15, 0.2) is 29.3 Å². The summed E-state index contributed by atoms with van der Waals surface area (Å²) in [5.41, 5.74) is 0.279. The predicted octanol–water partition coefficient (Wildman–Crippen LogP) is 2.18. The standard InChI is InChI=1S/C12H14FNO3S/c1-3-6-17-11-8-14(2)18(15,16)12-5-4-9(13)7-10(11)12/h4-5,7-8H,3,6H2,1-2H3. The van der Waals surface area contributed by atoms with Gasteiger partial charge in [-0.1, -0.05) is 6.92 Å². The van der Waals surface area contributed by atoms with Crippen LogP contribution in [0.25, 0.3) is 5.76 Å². The van der Waals surface area contributed by atoms with Crippen LogP contribution in [-0.2, 0) is 14.8 Å². The molecule has 0 N–H and O–H groups in total. The molecule has 0 radical (unpaired) electrons. The Kier molecular flexibility index (Phi) is 3.30. The van der Waals surface area contributed by atoms with E-state index in [1.165, 1.54) is 25.4 Å². The van der Waals surface area contributed by atoms with Gasteiger partial charge < -0.3 is 4.74 Å². The molecule has 98 valence electrons. The molecule has 1 aliphatic rings. The summed E-state index contributed by atoms with van der Waals surface area (Å²) in [6, 6.07) is 3.58. The molecule has 1 aromatic rings. The fraction of sp³-hybridized carbons (Fsp3) is 0.333. The van der Waals surface area contributed by atoms with Gasteiger partial charge in [-0.15, -0.1) is 0 Å². The summed E-state index contributed by atoms with van der Waals surface area (Å²) in [5, 5.41) is 0. The molecule has 0 amide bonds. The highest BCUT2D eigenvalue weighted by atomic mass is 32.2. The quantitative estimate of drug-likeness (QED) is 0.846. The third kappa shape index (κ3) is 2.08. The number of hydrogen-bond donors (Lipinski definition) is 0. The number of hydrogen-bond acceptors (Lipinski definition) is 3.